The molecule has 0 unspecified atom stereocenters. The third-order valence-corrected chi connectivity index (χ3v) is 30.0. The molecule has 0 atom stereocenters. The number of ketones is 1. The molecule has 0 saturated heterocycles. The second-order valence-electron chi connectivity index (χ2n) is 25.8. The fourth-order valence-corrected chi connectivity index (χ4v) is 24.0. The van der Waals surface area contributed by atoms with E-state index >= 15 is 0 Å². The Morgan fingerprint density at radius 3 is 1.57 bits per heavy atom. The van der Waals surface area contributed by atoms with Crippen LogP contribution in [0.25, 0.3) is 122 Å². The second kappa shape index (κ2) is 35.7. The van der Waals surface area contributed by atoms with Crippen molar-refractivity contribution in [2.24, 2.45) is 0 Å². The number of para-hydroxylation sites is 1. The number of ether oxygens (including phenoxy) is 1. The van der Waals surface area contributed by atoms with E-state index in [1.165, 1.54) is 170 Å². The lowest BCUT2D eigenvalue weighted by molar-refractivity contribution is 0.0606. The van der Waals surface area contributed by atoms with Crippen LogP contribution in [-0.4, -0.2) is 18.9 Å². The van der Waals surface area contributed by atoms with Crippen LogP contribution < -0.4 is 0 Å². The van der Waals surface area contributed by atoms with Crippen molar-refractivity contribution in [3.05, 3.63) is 339 Å². The molecule has 8 aromatic carbocycles. The minimum Gasteiger partial charge on any atom is -0.465 e. The van der Waals surface area contributed by atoms with Crippen molar-refractivity contribution in [2.75, 3.05) is 7.11 Å². The molecule has 0 radical (unpaired) electrons. The van der Waals surface area contributed by atoms with Crippen molar-refractivity contribution in [3.63, 3.8) is 0 Å². The number of esters is 1. The van der Waals surface area contributed by atoms with Crippen LogP contribution in [0, 0.1) is 55.4 Å². The number of furan rings is 1. The third kappa shape index (κ3) is 19.0. The Bertz CT molecular complexity index is 6300. The van der Waals surface area contributed by atoms with Crippen LogP contribution in [0.3, 0.4) is 0 Å². The van der Waals surface area contributed by atoms with Gasteiger partial charge in [-0.05, 0) is 237 Å². The highest BCUT2D eigenvalue weighted by molar-refractivity contribution is 7.36. The van der Waals surface area contributed by atoms with Gasteiger partial charge in [0.15, 0.2) is 5.78 Å². The van der Waals surface area contributed by atoms with E-state index in [9.17, 15) is 9.59 Å². The van der Waals surface area contributed by atoms with E-state index in [0.717, 1.165) is 22.5 Å². The molecule has 0 N–H and O–H groups in total. The van der Waals surface area contributed by atoms with Crippen molar-refractivity contribution in [3.8, 4) is 31.3 Å². The van der Waals surface area contributed by atoms with Gasteiger partial charge in [-0.1, -0.05) is 139 Å². The quantitative estimate of drug-likeness (QED) is 0.123. The van der Waals surface area contributed by atoms with Gasteiger partial charge in [0.05, 0.1) is 16.5 Å². The maximum absolute atomic E-state index is 12.0. The molecule has 0 aliphatic carbocycles. The highest BCUT2D eigenvalue weighted by Gasteiger charge is 2.15. The van der Waals surface area contributed by atoms with Crippen molar-refractivity contribution in [1.82, 2.24) is 0 Å². The zero-order valence-corrected chi connectivity index (χ0v) is 71.0. The lowest BCUT2D eigenvalue weighted by atomic mass is 10.0. The van der Waals surface area contributed by atoms with Crippen molar-refractivity contribution in [2.45, 2.75) is 55.4 Å². The molecular formula is C93H74O4S12. The number of methoxy groups -OCH3 is 1. The number of aryl methyl sites for hydroxylation is 8. The van der Waals surface area contributed by atoms with Gasteiger partial charge >= 0.3 is 5.97 Å². The largest absolute Gasteiger partial charge is 0.465 e. The van der Waals surface area contributed by atoms with E-state index in [1.807, 2.05) is 196 Å². The van der Waals surface area contributed by atoms with Crippen LogP contribution >= 0.6 is 136 Å². The molecule has 0 aliphatic rings. The number of rotatable bonds is 6. The Labute approximate surface area is 682 Å². The SMILES string of the molecule is COC(=O)c1cc2c(C)scc2s1.Cc1cc2cc3sccc3cc2s1.Cc1cc2ccccc2o1.Cc1cc2ccccc2s1.Cc1cc2sccc2s1.Cc1ccc(-c2cc(-c3cccs3)cc(-c3cccs3)c2)s1.Cc1ccc(C(=O)c2ccccc2)cc1.Cc1ccc2c(c1)sc1c3ccccc3sc21. The van der Waals surface area contributed by atoms with Gasteiger partial charge in [-0.25, -0.2) is 4.79 Å². The molecule has 21 aromatic rings. The van der Waals surface area contributed by atoms with Gasteiger partial charge in [0.2, 0.25) is 0 Å². The van der Waals surface area contributed by atoms with E-state index in [0.29, 0.717) is 4.88 Å². The third-order valence-electron chi connectivity index (χ3n) is 17.5. The summed E-state index contributed by atoms with van der Waals surface area (Å²) < 4.78 is 23.9. The number of benzene rings is 8. The minimum atomic E-state index is -0.245. The normalized spacial score (nSPS) is 10.9. The average molecular weight is 1640 g/mol. The Balaban J connectivity index is 0.000000106. The van der Waals surface area contributed by atoms with Gasteiger partial charge in [-0.15, -0.1) is 136 Å². The zero-order chi connectivity index (χ0) is 75.5. The Hall–Kier alpha value is -9.08. The van der Waals surface area contributed by atoms with E-state index < -0.39 is 0 Å². The molecule has 13 aromatic heterocycles. The molecule has 13 heterocycles. The van der Waals surface area contributed by atoms with Gasteiger partial charge in [0.1, 0.15) is 16.2 Å². The molecule has 109 heavy (non-hydrogen) atoms. The first-order valence-corrected chi connectivity index (χ1v) is 45.2. The fourth-order valence-electron chi connectivity index (χ4n) is 12.2. The first kappa shape index (κ1) is 76.7. The van der Waals surface area contributed by atoms with Gasteiger partial charge < -0.3 is 9.15 Å². The molecule has 0 spiro atoms. The molecule has 0 bridgehead atoms. The smallest absolute Gasteiger partial charge is 0.348 e. The Morgan fingerprint density at radius 2 is 0.899 bits per heavy atom. The predicted molar refractivity (Wildman–Crippen MR) is 491 cm³/mol. The molecular weight excluding hydrogens is 1570 g/mol. The molecule has 21 rings (SSSR count). The van der Waals surface area contributed by atoms with Gasteiger partial charge in [-0.2, -0.15) is 0 Å². The number of thiophene rings is 12. The molecule has 542 valence electrons. The summed E-state index contributed by atoms with van der Waals surface area (Å²) in [6.07, 6.45) is 0. The number of carbonyl (C=O) groups excluding carboxylic acids is 2. The van der Waals surface area contributed by atoms with Gasteiger partial charge in [0, 0.05) is 115 Å². The van der Waals surface area contributed by atoms with E-state index in [1.54, 1.807) is 34.0 Å². The highest BCUT2D eigenvalue weighted by Crippen LogP contribution is 2.45. The van der Waals surface area contributed by atoms with Crippen LogP contribution in [0.15, 0.2) is 286 Å². The zero-order valence-electron chi connectivity index (χ0n) is 61.2. The maximum Gasteiger partial charge on any atom is 0.348 e. The van der Waals surface area contributed by atoms with Crippen molar-refractivity contribution in [1.29, 1.82) is 0 Å². The Morgan fingerprint density at radius 1 is 0.321 bits per heavy atom. The number of hydrogen-bond donors (Lipinski definition) is 0. The first-order chi connectivity index (χ1) is 53.0. The molecule has 0 aliphatic heterocycles. The summed E-state index contributed by atoms with van der Waals surface area (Å²) in [6.45, 7) is 16.8. The summed E-state index contributed by atoms with van der Waals surface area (Å²) in [7, 11) is 1.40. The van der Waals surface area contributed by atoms with E-state index in [4.69, 9.17) is 4.42 Å². The molecule has 4 nitrogen and oxygen atoms in total. The van der Waals surface area contributed by atoms with Crippen molar-refractivity contribution < 1.29 is 18.7 Å². The summed E-state index contributed by atoms with van der Waals surface area (Å²) >= 11 is 21.7. The van der Waals surface area contributed by atoms with Gasteiger partial charge in [0.25, 0.3) is 0 Å². The summed E-state index contributed by atoms with van der Waals surface area (Å²) in [6, 6.07) is 88.5. The average Bonchev–Trinajstić information content (AvgIpc) is 1.59. The van der Waals surface area contributed by atoms with Crippen LogP contribution in [-0.2, 0) is 4.74 Å². The van der Waals surface area contributed by atoms with Crippen LogP contribution in [0.2, 0.25) is 0 Å². The summed E-state index contributed by atoms with van der Waals surface area (Å²) in [5, 5.41) is 20.0. The standard InChI is InChI=1S/C19H14S3.C15H10S2.C14H12O.C11H8S2.C9H8O2S2.C9H8O.C9H8S.C7H6S2/c1-13-6-7-19(22-13)16-11-14(17-4-2-8-20-17)10-15(12-16)18-5-3-9-21-18;1-9-6-7-11-13(8-9)17-14-10-4-2-3-5-12(10)16-15(11)14;1-11-7-9-13(10-8-11)14(15)12-5-3-2-4-6-12;1-7-4-9-6-10-8(2-3-12-10)5-11(9)13-7;1-5-6-3-7(9(10)11-2)13-8(6)4-12-5;2*1-7-6-8-4-2-3-5-9(8)10-7;1-5-4-7-6(9-5)2-3-8-7/h2-12H,1H3;2-8H,1H3;2-10H,1H3;2-6H,1H3;3-4H,1-2H3;2*2-6H,1H3;2-4H,1H3. The molecule has 0 amide bonds. The Kier molecular flexibility index (Phi) is 25.1. The lowest BCUT2D eigenvalue weighted by Gasteiger charge is -2.07. The monoisotopic (exact) mass is 1640 g/mol. The highest BCUT2D eigenvalue weighted by atomic mass is 32.1. The van der Waals surface area contributed by atoms with E-state index in [-0.39, 0.29) is 11.8 Å². The topological polar surface area (TPSA) is 56.5 Å². The van der Waals surface area contributed by atoms with Gasteiger partial charge in [-0.3, -0.25) is 4.79 Å². The fraction of sp³-hybridized carbons (Fsp3) is 0.0968. The first-order valence-electron chi connectivity index (χ1n) is 35.1. The molecule has 16 heteroatoms. The number of hydrogen-bond acceptors (Lipinski definition) is 16. The molecule has 0 saturated carbocycles. The summed E-state index contributed by atoms with van der Waals surface area (Å²) in [4.78, 5) is 34.6. The minimum absolute atomic E-state index is 0.0793. The number of carbonyl (C=O) groups is 2. The summed E-state index contributed by atoms with van der Waals surface area (Å²) in [5.74, 6) is 0.808. The van der Waals surface area contributed by atoms with Crippen molar-refractivity contribution >= 4 is 238 Å². The predicted octanol–water partition coefficient (Wildman–Crippen LogP) is 32.7. The second-order valence-corrected chi connectivity index (χ2v) is 39.0. The van der Waals surface area contributed by atoms with Crippen LogP contribution in [0.4, 0.5) is 0 Å². The maximum atomic E-state index is 12.0. The lowest BCUT2D eigenvalue weighted by Crippen LogP contribution is -2.00. The van der Waals surface area contributed by atoms with Crippen LogP contribution in [0.1, 0.15) is 66.9 Å². The molecule has 0 fully saturated rings. The number of fused-ring (bicyclic) bond motifs is 11. The van der Waals surface area contributed by atoms with Crippen LogP contribution in [0.5, 0.6) is 0 Å². The summed E-state index contributed by atoms with van der Waals surface area (Å²) in [5.41, 5.74) is 8.89. The van der Waals surface area contributed by atoms with E-state index in [2.05, 4.69) is 237 Å².